The first-order chi connectivity index (χ1) is 26.7. The maximum absolute atomic E-state index is 13.9. The Hall–Kier alpha value is -6.30. The summed E-state index contributed by atoms with van der Waals surface area (Å²) in [6.45, 7) is -1.40. The molecule has 3 aromatic carbocycles. The Kier molecular flexibility index (Phi) is 18.0. The van der Waals surface area contributed by atoms with Gasteiger partial charge in [0.2, 0.25) is 29.5 Å². The topological polar surface area (TPSA) is 293 Å². The normalized spacial score (nSPS) is 13.0. The number of hydrogen-bond acceptors (Lipinski definition) is 9. The molecular formula is C38H50FN9O8. The molecule has 0 spiro atoms. The first-order valence-corrected chi connectivity index (χ1v) is 18.1. The number of guanidine groups is 1. The lowest BCUT2D eigenvalue weighted by Gasteiger charge is -2.26. The molecule has 0 aliphatic carbocycles. The highest BCUT2D eigenvalue weighted by Crippen LogP contribution is 2.17. The van der Waals surface area contributed by atoms with Gasteiger partial charge < -0.3 is 54.0 Å². The number of hydrogen-bond donors (Lipinski definition) is 10. The smallest absolute Gasteiger partial charge is 0.322 e. The van der Waals surface area contributed by atoms with Crippen molar-refractivity contribution in [3.05, 3.63) is 77.9 Å². The van der Waals surface area contributed by atoms with Crippen molar-refractivity contribution < 1.29 is 43.4 Å². The Morgan fingerprint density at radius 2 is 1.32 bits per heavy atom. The standard InChI is InChI=1S/C38H50FN9O8/c39-16-15-32(50)43-17-3-7-29(46-34(53)28(40)20-23-10-13-27(49)14-11-23)36(55)47-30(8-4-18-44-38(41)42)37(56)48-31(35(54)45-22-33(51)52)21-24-9-12-25-5-1-2-6-26(25)19-24/h1-2,5-6,9-14,19,28-31,49H,3-4,7-8,15-18,20-22,40H2,(H,43,50)(H,45,54)(H,46,53)(H,47,55)(H,48,56)(H,51,52)(H4,41,42,44)/t28-,29+,30+,31+/m1/s1. The van der Waals surface area contributed by atoms with Crippen LogP contribution < -0.4 is 43.8 Å². The summed E-state index contributed by atoms with van der Waals surface area (Å²) in [7, 11) is 0. The number of carboxylic acid groups (broad SMARTS) is 1. The first-order valence-electron chi connectivity index (χ1n) is 18.1. The number of carbonyl (C=O) groups excluding carboxylic acids is 5. The molecule has 0 saturated heterocycles. The number of nitrogens with one attached hydrogen (secondary N) is 5. The lowest BCUT2D eigenvalue weighted by atomic mass is 10.0. The van der Waals surface area contributed by atoms with Gasteiger partial charge in [0.15, 0.2) is 5.96 Å². The van der Waals surface area contributed by atoms with Crippen LogP contribution in [0.1, 0.15) is 43.2 Å². The summed E-state index contributed by atoms with van der Waals surface area (Å²) in [5, 5.41) is 33.3. The molecule has 56 heavy (non-hydrogen) atoms. The number of amides is 5. The Labute approximate surface area is 323 Å². The third kappa shape index (κ3) is 15.6. The number of nitrogens with zero attached hydrogens (tertiary/aromatic N) is 1. The Balaban J connectivity index is 1.84. The fraction of sp³-hybridized carbons (Fsp3) is 0.395. The fourth-order valence-corrected chi connectivity index (χ4v) is 5.65. The molecule has 0 saturated carbocycles. The van der Waals surface area contributed by atoms with Crippen LogP contribution in [0.4, 0.5) is 4.39 Å². The number of rotatable bonds is 23. The number of fused-ring (bicyclic) bond motifs is 1. The van der Waals surface area contributed by atoms with Crippen molar-refractivity contribution in [3.63, 3.8) is 0 Å². The lowest BCUT2D eigenvalue weighted by molar-refractivity contribution is -0.138. The number of aliphatic imine (C=N–C) groups is 1. The molecule has 0 radical (unpaired) electrons. The van der Waals surface area contributed by atoms with Gasteiger partial charge in [-0.1, -0.05) is 54.6 Å². The van der Waals surface area contributed by atoms with E-state index in [2.05, 4.69) is 31.6 Å². The second-order valence-electron chi connectivity index (χ2n) is 13.0. The predicted octanol–water partition coefficient (Wildman–Crippen LogP) is -0.377. The quantitative estimate of drug-likeness (QED) is 0.0336. The molecule has 0 fully saturated rings. The number of phenols is 1. The van der Waals surface area contributed by atoms with Gasteiger partial charge in [-0.25, -0.2) is 0 Å². The second kappa shape index (κ2) is 22.8. The molecule has 0 aliphatic heterocycles. The van der Waals surface area contributed by atoms with Gasteiger partial charge >= 0.3 is 5.97 Å². The molecule has 0 unspecified atom stereocenters. The molecule has 5 amide bonds. The van der Waals surface area contributed by atoms with Crippen LogP contribution in [0.5, 0.6) is 5.75 Å². The summed E-state index contributed by atoms with van der Waals surface area (Å²) >= 11 is 0. The fourth-order valence-electron chi connectivity index (χ4n) is 5.65. The van der Waals surface area contributed by atoms with Crippen LogP contribution in [0.2, 0.25) is 0 Å². The average Bonchev–Trinajstić information content (AvgIpc) is 3.16. The summed E-state index contributed by atoms with van der Waals surface area (Å²) in [5.41, 5.74) is 18.4. The van der Waals surface area contributed by atoms with Crippen LogP contribution in [-0.4, -0.2) is 102 Å². The first kappa shape index (κ1) is 44.1. The summed E-state index contributed by atoms with van der Waals surface area (Å²) in [6.07, 6.45) is 0.0344. The lowest BCUT2D eigenvalue weighted by Crippen LogP contribution is -2.58. The second-order valence-corrected chi connectivity index (χ2v) is 13.0. The minimum atomic E-state index is -1.29. The van der Waals surface area contributed by atoms with Crippen LogP contribution in [-0.2, 0) is 41.6 Å². The molecular weight excluding hydrogens is 729 g/mol. The van der Waals surface area contributed by atoms with E-state index in [1.165, 1.54) is 12.1 Å². The molecule has 3 aromatic rings. The number of phenolic OH excluding ortho intramolecular Hbond substituents is 1. The van der Waals surface area contributed by atoms with E-state index >= 15 is 0 Å². The molecule has 0 aliphatic rings. The summed E-state index contributed by atoms with van der Waals surface area (Å²) in [4.78, 5) is 81.3. The highest BCUT2D eigenvalue weighted by molar-refractivity contribution is 5.95. The third-order valence-corrected chi connectivity index (χ3v) is 8.55. The molecule has 0 heterocycles. The number of carbonyl (C=O) groups is 6. The number of carboxylic acids is 1. The van der Waals surface area contributed by atoms with Crippen LogP contribution in [0.3, 0.4) is 0 Å². The van der Waals surface area contributed by atoms with Gasteiger partial charge in [0.25, 0.3) is 0 Å². The summed E-state index contributed by atoms with van der Waals surface area (Å²) in [5.74, 6) is -5.03. The van der Waals surface area contributed by atoms with Crippen molar-refractivity contribution in [2.75, 3.05) is 26.3 Å². The Bertz CT molecular complexity index is 1840. The summed E-state index contributed by atoms with van der Waals surface area (Å²) in [6, 6.07) is 14.1. The van der Waals surface area contributed by atoms with E-state index < -0.39 is 72.9 Å². The van der Waals surface area contributed by atoms with E-state index in [4.69, 9.17) is 17.2 Å². The van der Waals surface area contributed by atoms with Crippen LogP contribution in [0, 0.1) is 0 Å². The zero-order valence-corrected chi connectivity index (χ0v) is 30.8. The predicted molar refractivity (Wildman–Crippen MR) is 207 cm³/mol. The Morgan fingerprint density at radius 3 is 1.96 bits per heavy atom. The van der Waals surface area contributed by atoms with Crippen LogP contribution in [0.15, 0.2) is 71.7 Å². The van der Waals surface area contributed by atoms with Crippen molar-refractivity contribution in [3.8, 4) is 5.75 Å². The molecule has 3 rings (SSSR count). The SMILES string of the molecule is NC(N)=NCCC[C@H](NC(=O)[C@H](CCCNC(=O)CCF)NC(=O)[C@H](N)Cc1ccc(O)cc1)C(=O)N[C@@H](Cc1ccc2ccccc2c1)C(=O)NCC(=O)O. The van der Waals surface area contributed by atoms with E-state index in [0.29, 0.717) is 11.1 Å². The molecule has 4 atom stereocenters. The van der Waals surface area contributed by atoms with E-state index in [-0.39, 0.29) is 69.7 Å². The average molecular weight is 780 g/mol. The number of aromatic hydroxyl groups is 1. The third-order valence-electron chi connectivity index (χ3n) is 8.55. The molecule has 0 bridgehead atoms. The van der Waals surface area contributed by atoms with Gasteiger partial charge in [0, 0.05) is 19.5 Å². The largest absolute Gasteiger partial charge is 0.508 e. The molecule has 18 heteroatoms. The van der Waals surface area contributed by atoms with Gasteiger partial charge in [-0.05, 0) is 66.1 Å². The monoisotopic (exact) mass is 779 g/mol. The number of aliphatic carboxylic acids is 1. The van der Waals surface area contributed by atoms with Gasteiger partial charge in [-0.2, -0.15) is 0 Å². The minimum Gasteiger partial charge on any atom is -0.508 e. The van der Waals surface area contributed by atoms with Crippen molar-refractivity contribution in [1.29, 1.82) is 0 Å². The zero-order valence-electron chi connectivity index (χ0n) is 30.8. The number of alkyl halides is 1. The van der Waals surface area contributed by atoms with Gasteiger partial charge in [0.05, 0.1) is 19.1 Å². The number of halogens is 1. The van der Waals surface area contributed by atoms with Crippen molar-refractivity contribution in [1.82, 2.24) is 26.6 Å². The maximum Gasteiger partial charge on any atom is 0.322 e. The van der Waals surface area contributed by atoms with Crippen LogP contribution in [0.25, 0.3) is 10.8 Å². The van der Waals surface area contributed by atoms with Crippen molar-refractivity contribution in [2.24, 2.45) is 22.2 Å². The van der Waals surface area contributed by atoms with Crippen molar-refractivity contribution in [2.45, 2.75) is 69.1 Å². The van der Waals surface area contributed by atoms with Gasteiger partial charge in [-0.15, -0.1) is 0 Å². The molecule has 0 aromatic heterocycles. The van der Waals surface area contributed by atoms with E-state index in [0.717, 1.165) is 10.8 Å². The molecule has 13 N–H and O–H groups in total. The minimum absolute atomic E-state index is 0.0197. The zero-order chi connectivity index (χ0) is 41.0. The van der Waals surface area contributed by atoms with E-state index in [1.54, 1.807) is 18.2 Å². The molecule has 17 nitrogen and oxygen atoms in total. The van der Waals surface area contributed by atoms with E-state index in [1.807, 2.05) is 36.4 Å². The van der Waals surface area contributed by atoms with Gasteiger partial charge in [-0.3, -0.25) is 38.2 Å². The number of benzene rings is 3. The highest BCUT2D eigenvalue weighted by Gasteiger charge is 2.31. The van der Waals surface area contributed by atoms with Crippen molar-refractivity contribution >= 4 is 52.2 Å². The summed E-state index contributed by atoms with van der Waals surface area (Å²) < 4.78 is 12.6. The molecule has 302 valence electrons. The highest BCUT2D eigenvalue weighted by atomic mass is 19.1. The Morgan fingerprint density at radius 1 is 0.714 bits per heavy atom. The van der Waals surface area contributed by atoms with Crippen LogP contribution >= 0.6 is 0 Å². The maximum atomic E-state index is 13.9. The van der Waals surface area contributed by atoms with E-state index in [9.17, 15) is 43.4 Å². The number of nitrogens with two attached hydrogens (primary N) is 3. The van der Waals surface area contributed by atoms with Gasteiger partial charge in [0.1, 0.15) is 30.4 Å².